The van der Waals surface area contributed by atoms with Gasteiger partial charge in [0.2, 0.25) is 5.95 Å². The third-order valence-corrected chi connectivity index (χ3v) is 7.22. The molecule has 0 radical (unpaired) electrons. The first-order valence-corrected chi connectivity index (χ1v) is 12.8. The Morgan fingerprint density at radius 2 is 2.03 bits per heavy atom. The van der Waals surface area contributed by atoms with Crippen molar-refractivity contribution in [3.63, 3.8) is 0 Å². The summed E-state index contributed by atoms with van der Waals surface area (Å²) in [6.07, 6.45) is 5.66. The Kier molecular flexibility index (Phi) is 6.88. The van der Waals surface area contributed by atoms with E-state index in [1.807, 2.05) is 6.92 Å². The molecule has 1 unspecified atom stereocenters. The molecule has 2 aromatic heterocycles. The van der Waals surface area contributed by atoms with Gasteiger partial charge in [0.1, 0.15) is 5.82 Å². The largest absolute Gasteiger partial charge is 0.368 e. The zero-order valence-corrected chi connectivity index (χ0v) is 21.9. The molecule has 12 heteroatoms. The predicted octanol–water partition coefficient (Wildman–Crippen LogP) is 3.36. The number of nitrogens with zero attached hydrogens (tertiary/aromatic N) is 7. The minimum atomic E-state index is -0.635. The van der Waals surface area contributed by atoms with Crippen molar-refractivity contribution in [3.8, 4) is 17.5 Å². The lowest BCUT2D eigenvalue weighted by Gasteiger charge is -2.47. The summed E-state index contributed by atoms with van der Waals surface area (Å²) in [6, 6.07) is 3.11. The molecule has 2 fully saturated rings. The molecule has 0 saturated carbocycles. The van der Waals surface area contributed by atoms with Crippen molar-refractivity contribution < 1.29 is 8.78 Å². The molecule has 3 aromatic rings. The summed E-state index contributed by atoms with van der Waals surface area (Å²) in [5, 5.41) is 13.7. The maximum atomic E-state index is 15.1. The van der Waals surface area contributed by atoms with Crippen LogP contribution in [0.1, 0.15) is 58.4 Å². The summed E-state index contributed by atoms with van der Waals surface area (Å²) in [7, 11) is 1.46. The molecule has 2 atom stereocenters. The molecule has 200 valence electrons. The normalized spacial score (nSPS) is 20.5. The molecule has 2 N–H and O–H groups in total. The summed E-state index contributed by atoms with van der Waals surface area (Å²) in [5.74, 6) is 4.60. The van der Waals surface area contributed by atoms with E-state index in [1.165, 1.54) is 25.6 Å². The maximum Gasteiger partial charge on any atom is 0.368 e. The van der Waals surface area contributed by atoms with Crippen LogP contribution in [0, 0.1) is 23.5 Å². The number of fused-ring (bicyclic) bond motifs is 1. The van der Waals surface area contributed by atoms with Crippen molar-refractivity contribution in [1.29, 1.82) is 0 Å². The van der Waals surface area contributed by atoms with E-state index in [-0.39, 0.29) is 40.3 Å². The van der Waals surface area contributed by atoms with Gasteiger partial charge in [-0.15, -0.1) is 0 Å². The highest BCUT2D eigenvalue weighted by molar-refractivity contribution is 5.64. The summed E-state index contributed by atoms with van der Waals surface area (Å²) >= 11 is 0. The van der Waals surface area contributed by atoms with Crippen LogP contribution >= 0.6 is 0 Å². The molecule has 2 aliphatic heterocycles. The molecular weight excluding hydrogens is 492 g/mol. The van der Waals surface area contributed by atoms with Crippen molar-refractivity contribution in [2.24, 2.45) is 7.05 Å². The molecule has 38 heavy (non-hydrogen) atoms. The van der Waals surface area contributed by atoms with E-state index >= 15 is 4.39 Å². The van der Waals surface area contributed by atoms with Crippen molar-refractivity contribution >= 4 is 17.5 Å². The SMILES string of the molecule is CCC#Cc1cc(F)c(Nc2ncc(F)c(NC3C[C@@H]4CCCN4C(C)(C)C3)n2)cc1-n1nnn(C)c1=O. The molecule has 0 bridgehead atoms. The smallest absolute Gasteiger partial charge is 0.365 e. The van der Waals surface area contributed by atoms with Gasteiger partial charge in [-0.3, -0.25) is 4.90 Å². The van der Waals surface area contributed by atoms with E-state index in [2.05, 4.69) is 61.6 Å². The zero-order chi connectivity index (χ0) is 27.0. The van der Waals surface area contributed by atoms with Crippen LogP contribution in [0.3, 0.4) is 0 Å². The molecule has 2 aliphatic rings. The van der Waals surface area contributed by atoms with Crippen molar-refractivity contribution in [2.75, 3.05) is 17.2 Å². The number of halogens is 2. The summed E-state index contributed by atoms with van der Waals surface area (Å²) in [4.78, 5) is 23.4. The zero-order valence-electron chi connectivity index (χ0n) is 21.9. The number of aromatic nitrogens is 6. The van der Waals surface area contributed by atoms with E-state index in [9.17, 15) is 9.18 Å². The number of nitrogens with one attached hydrogen (secondary N) is 2. The average Bonchev–Trinajstić information content (AvgIpc) is 3.48. The lowest BCUT2D eigenvalue weighted by Crippen LogP contribution is -2.55. The van der Waals surface area contributed by atoms with Crippen LogP contribution in [0.5, 0.6) is 0 Å². The van der Waals surface area contributed by atoms with Crippen molar-refractivity contribution in [1.82, 2.24) is 34.7 Å². The molecule has 10 nitrogen and oxygen atoms in total. The Bertz CT molecular complexity index is 1470. The van der Waals surface area contributed by atoms with E-state index < -0.39 is 17.3 Å². The van der Waals surface area contributed by atoms with Gasteiger partial charge in [-0.2, -0.15) is 14.3 Å². The predicted molar refractivity (Wildman–Crippen MR) is 139 cm³/mol. The fraction of sp³-hybridized carbons (Fsp3) is 0.500. The highest BCUT2D eigenvalue weighted by Crippen LogP contribution is 2.38. The highest BCUT2D eigenvalue weighted by Gasteiger charge is 2.43. The Morgan fingerprint density at radius 3 is 2.76 bits per heavy atom. The van der Waals surface area contributed by atoms with Crippen LogP contribution in [0.25, 0.3) is 5.69 Å². The number of benzene rings is 1. The van der Waals surface area contributed by atoms with Gasteiger partial charge in [0, 0.05) is 31.1 Å². The Labute approximate surface area is 219 Å². The highest BCUT2D eigenvalue weighted by atomic mass is 19.1. The number of hydrogen-bond donors (Lipinski definition) is 2. The quantitative estimate of drug-likeness (QED) is 0.491. The summed E-state index contributed by atoms with van der Waals surface area (Å²) in [5.41, 5.74) is 0.00213. The monoisotopic (exact) mass is 523 g/mol. The molecule has 1 aromatic carbocycles. The van der Waals surface area contributed by atoms with Gasteiger partial charge in [0.25, 0.3) is 0 Å². The van der Waals surface area contributed by atoms with Crippen LogP contribution in [0.4, 0.5) is 26.2 Å². The average molecular weight is 524 g/mol. The van der Waals surface area contributed by atoms with Crippen molar-refractivity contribution in [3.05, 3.63) is 46.0 Å². The Balaban J connectivity index is 1.43. The minimum Gasteiger partial charge on any atom is -0.365 e. The number of piperidine rings is 1. The number of aryl methyl sites for hydroxylation is 1. The fourth-order valence-corrected chi connectivity index (χ4v) is 5.54. The second kappa shape index (κ2) is 10.1. The number of anilines is 3. The number of tetrazole rings is 1. The van der Waals surface area contributed by atoms with Gasteiger partial charge >= 0.3 is 5.69 Å². The summed E-state index contributed by atoms with van der Waals surface area (Å²) < 4.78 is 32.0. The van der Waals surface area contributed by atoms with Gasteiger partial charge in [0.15, 0.2) is 11.6 Å². The molecule has 0 amide bonds. The number of rotatable bonds is 5. The van der Waals surface area contributed by atoms with Gasteiger partial charge in [-0.25, -0.2) is 18.6 Å². The molecular formula is C26H31F2N9O. The molecule has 4 heterocycles. The van der Waals surface area contributed by atoms with Crippen LogP contribution < -0.4 is 16.3 Å². The van der Waals surface area contributed by atoms with Gasteiger partial charge < -0.3 is 10.6 Å². The molecule has 2 saturated heterocycles. The molecule has 5 rings (SSSR count). The molecule has 0 aliphatic carbocycles. The van der Waals surface area contributed by atoms with Crippen molar-refractivity contribution in [2.45, 2.75) is 70.5 Å². The van der Waals surface area contributed by atoms with E-state index in [4.69, 9.17) is 0 Å². The fourth-order valence-electron chi connectivity index (χ4n) is 5.54. The second-order valence-corrected chi connectivity index (χ2v) is 10.4. The van der Waals surface area contributed by atoms with Crippen LogP contribution in [0.15, 0.2) is 23.1 Å². The standard InChI is InChI=1S/C26H31F2N9O/c1-5-6-8-16-11-19(27)21(13-22(16)37-25(38)35(4)33-34-37)31-24-29-15-20(28)23(32-24)30-17-12-18-9-7-10-36(18)26(2,3)14-17/h11,13,15,17-18H,5,7,9-10,12,14H2,1-4H3,(H2,29,30,31,32)/t17?,18-/m0/s1. The van der Waals surface area contributed by atoms with Crippen LogP contribution in [0.2, 0.25) is 0 Å². The minimum absolute atomic E-state index is 0.00201. The van der Waals surface area contributed by atoms with Crippen LogP contribution in [-0.4, -0.2) is 58.8 Å². The van der Waals surface area contributed by atoms with Gasteiger partial charge in [0.05, 0.1) is 23.1 Å². The Hall–Kier alpha value is -3.85. The van der Waals surface area contributed by atoms with E-state index in [1.54, 1.807) is 0 Å². The van der Waals surface area contributed by atoms with Gasteiger partial charge in [-0.05, 0) is 68.6 Å². The van der Waals surface area contributed by atoms with E-state index in [0.29, 0.717) is 12.5 Å². The first-order chi connectivity index (χ1) is 18.2. The lowest BCUT2D eigenvalue weighted by molar-refractivity contribution is 0.0500. The molecule has 0 spiro atoms. The Morgan fingerprint density at radius 1 is 1.21 bits per heavy atom. The third kappa shape index (κ3) is 4.98. The maximum absolute atomic E-state index is 15.1. The lowest BCUT2D eigenvalue weighted by atomic mass is 9.84. The van der Waals surface area contributed by atoms with E-state index in [0.717, 1.165) is 41.4 Å². The topological polar surface area (TPSA) is 106 Å². The number of hydrogen-bond acceptors (Lipinski definition) is 8. The first-order valence-electron chi connectivity index (χ1n) is 12.8. The third-order valence-electron chi connectivity index (χ3n) is 7.22. The first kappa shape index (κ1) is 25.8. The van der Waals surface area contributed by atoms with Crippen LogP contribution in [-0.2, 0) is 7.05 Å². The van der Waals surface area contributed by atoms with Gasteiger partial charge in [-0.1, -0.05) is 18.8 Å². The summed E-state index contributed by atoms with van der Waals surface area (Å²) in [6.45, 7) is 7.40. The second-order valence-electron chi connectivity index (χ2n) is 10.4.